The fourth-order valence-electron chi connectivity index (χ4n) is 10.4. The molecule has 0 saturated heterocycles. The van der Waals surface area contributed by atoms with Crippen molar-refractivity contribution in [1.82, 2.24) is 19.1 Å². The molecule has 0 fully saturated rings. The Labute approximate surface area is 349 Å². The predicted molar refractivity (Wildman–Crippen MR) is 242 cm³/mol. The van der Waals surface area contributed by atoms with E-state index in [1.165, 1.54) is 31.7 Å². The Morgan fingerprint density at radius 3 is 1.55 bits per heavy atom. The molecule has 4 aromatic heterocycles. The Hall–Kier alpha value is -7.72. The number of benzene rings is 7. The van der Waals surface area contributed by atoms with Crippen LogP contribution < -0.4 is 0 Å². The molecular formula is C54H31N5S. The van der Waals surface area contributed by atoms with Gasteiger partial charge in [0.15, 0.2) is 0 Å². The van der Waals surface area contributed by atoms with Crippen molar-refractivity contribution < 1.29 is 0 Å². The number of aromatic nitrogens is 4. The topological polar surface area (TPSA) is 59.4 Å². The number of para-hydroxylation sites is 4. The van der Waals surface area contributed by atoms with Crippen LogP contribution >= 0.6 is 11.8 Å². The predicted octanol–water partition coefficient (Wildman–Crippen LogP) is 13.0. The average Bonchev–Trinajstić information content (AvgIpc) is 3.93. The van der Waals surface area contributed by atoms with E-state index < -0.39 is 5.41 Å². The van der Waals surface area contributed by atoms with Gasteiger partial charge in [-0.25, -0.2) is 0 Å². The van der Waals surface area contributed by atoms with E-state index >= 15 is 0 Å². The summed E-state index contributed by atoms with van der Waals surface area (Å²) in [6.07, 6.45) is 3.75. The van der Waals surface area contributed by atoms with Gasteiger partial charge in [-0.15, -0.1) is 0 Å². The van der Waals surface area contributed by atoms with Gasteiger partial charge in [0.1, 0.15) is 6.07 Å². The Kier molecular flexibility index (Phi) is 6.87. The smallest absolute Gasteiger partial charge is 0.101 e. The van der Waals surface area contributed by atoms with Crippen molar-refractivity contribution in [3.05, 3.63) is 216 Å². The Bertz CT molecular complexity index is 3530. The summed E-state index contributed by atoms with van der Waals surface area (Å²) in [5.41, 5.74) is 14.5. The van der Waals surface area contributed by atoms with Crippen LogP contribution in [0.15, 0.2) is 198 Å². The van der Waals surface area contributed by atoms with E-state index in [0.717, 1.165) is 77.9 Å². The van der Waals surface area contributed by atoms with E-state index in [1.54, 1.807) is 0 Å². The largest absolute Gasteiger partial charge is 0.309 e. The van der Waals surface area contributed by atoms with Crippen LogP contribution in [0.3, 0.4) is 0 Å². The normalized spacial score (nSPS) is 13.4. The SMILES string of the molecule is N#Cc1cc(-n2c3ccccc3c3ccccc32)cc(-c2ccc3c(c2)C2(c4ccccc4S3)c3cccnc3-c3ncccc32)c1-n1c2ccccc2c2ccccc21. The summed E-state index contributed by atoms with van der Waals surface area (Å²) >= 11 is 1.81. The second kappa shape index (κ2) is 12.4. The number of rotatable bonds is 3. The van der Waals surface area contributed by atoms with Crippen molar-refractivity contribution >= 4 is 55.4 Å². The molecule has 0 amide bonds. The second-order valence-corrected chi connectivity index (χ2v) is 16.7. The quantitative estimate of drug-likeness (QED) is 0.179. The highest BCUT2D eigenvalue weighted by Crippen LogP contribution is 2.61. The molecule has 1 aliphatic heterocycles. The molecular weight excluding hydrogens is 751 g/mol. The summed E-state index contributed by atoms with van der Waals surface area (Å²) in [4.78, 5) is 12.4. The molecule has 0 unspecified atom stereocenters. The lowest BCUT2D eigenvalue weighted by Crippen LogP contribution is -2.32. The van der Waals surface area contributed by atoms with Gasteiger partial charge >= 0.3 is 0 Å². The molecule has 60 heavy (non-hydrogen) atoms. The monoisotopic (exact) mass is 781 g/mol. The first-order chi connectivity index (χ1) is 29.7. The number of nitriles is 1. The fourth-order valence-corrected chi connectivity index (χ4v) is 11.6. The van der Waals surface area contributed by atoms with Gasteiger partial charge in [0.05, 0.1) is 50.1 Å². The van der Waals surface area contributed by atoms with Gasteiger partial charge in [-0.2, -0.15) is 5.26 Å². The van der Waals surface area contributed by atoms with Crippen LogP contribution in [0, 0.1) is 11.3 Å². The number of fused-ring (bicyclic) bond motifs is 15. The van der Waals surface area contributed by atoms with Gasteiger partial charge in [-0.1, -0.05) is 121 Å². The third-order valence-corrected chi connectivity index (χ3v) is 13.9. The standard InChI is InChI=1S/C54H31N5S/c55-32-34-29-35(58-45-20-6-1-13-36(45)37-14-2-7-21-46(37)58)31-40(53(34)59-47-22-8-3-15-38(47)39-16-4-9-23-48(39)59)33-25-26-50-44(30-33)54(41-17-5-10-24-49(41)60-50)42-18-11-27-56-51(42)52-43(54)19-12-28-57-52/h1-31H. The molecule has 0 bridgehead atoms. The van der Waals surface area contributed by atoms with E-state index in [-0.39, 0.29) is 0 Å². The third kappa shape index (κ3) is 4.31. The molecule has 278 valence electrons. The first-order valence-corrected chi connectivity index (χ1v) is 20.9. The zero-order chi connectivity index (χ0) is 39.5. The van der Waals surface area contributed by atoms with Crippen LogP contribution in [0.25, 0.3) is 77.5 Å². The molecule has 0 atom stereocenters. The molecule has 5 nitrogen and oxygen atoms in total. The minimum absolute atomic E-state index is 0.591. The third-order valence-electron chi connectivity index (χ3n) is 12.7. The Morgan fingerprint density at radius 2 is 0.967 bits per heavy atom. The molecule has 7 aromatic carbocycles. The van der Waals surface area contributed by atoms with Crippen molar-refractivity contribution in [3.63, 3.8) is 0 Å². The van der Waals surface area contributed by atoms with E-state index in [2.05, 4.69) is 191 Å². The highest BCUT2D eigenvalue weighted by atomic mass is 32.2. The van der Waals surface area contributed by atoms with Gasteiger partial charge in [0, 0.05) is 55.0 Å². The summed E-state index contributed by atoms with van der Waals surface area (Å²) in [6, 6.07) is 65.5. The van der Waals surface area contributed by atoms with Gasteiger partial charge in [0.25, 0.3) is 0 Å². The van der Waals surface area contributed by atoms with Crippen molar-refractivity contribution in [2.75, 3.05) is 0 Å². The molecule has 0 saturated carbocycles. The van der Waals surface area contributed by atoms with Crippen molar-refractivity contribution in [3.8, 4) is 40.0 Å². The first-order valence-electron chi connectivity index (χ1n) is 20.1. The van der Waals surface area contributed by atoms with Crippen molar-refractivity contribution in [2.45, 2.75) is 15.2 Å². The van der Waals surface area contributed by atoms with Crippen LogP contribution in [0.1, 0.15) is 27.8 Å². The minimum atomic E-state index is -0.657. The molecule has 1 spiro atoms. The van der Waals surface area contributed by atoms with Gasteiger partial charge in [-0.3, -0.25) is 9.97 Å². The summed E-state index contributed by atoms with van der Waals surface area (Å²) in [7, 11) is 0. The van der Waals surface area contributed by atoms with E-state index in [9.17, 15) is 5.26 Å². The van der Waals surface area contributed by atoms with E-state index in [1.807, 2.05) is 24.2 Å². The second-order valence-electron chi connectivity index (χ2n) is 15.6. The van der Waals surface area contributed by atoms with Crippen LogP contribution in [-0.4, -0.2) is 19.1 Å². The molecule has 5 heterocycles. The van der Waals surface area contributed by atoms with Crippen molar-refractivity contribution in [2.24, 2.45) is 0 Å². The highest BCUT2D eigenvalue weighted by Gasteiger charge is 2.51. The average molecular weight is 782 g/mol. The maximum atomic E-state index is 11.4. The summed E-state index contributed by atoms with van der Waals surface area (Å²) < 4.78 is 4.62. The molecule has 0 N–H and O–H groups in total. The van der Waals surface area contributed by atoms with Crippen LogP contribution in [0.5, 0.6) is 0 Å². The minimum Gasteiger partial charge on any atom is -0.309 e. The molecule has 13 rings (SSSR count). The number of nitrogens with zero attached hydrogens (tertiary/aromatic N) is 5. The molecule has 6 heteroatoms. The molecule has 2 aliphatic rings. The first kappa shape index (κ1) is 33.3. The van der Waals surface area contributed by atoms with Gasteiger partial charge in [0.2, 0.25) is 0 Å². The van der Waals surface area contributed by atoms with Gasteiger partial charge in [-0.05, 0) is 94.5 Å². The number of pyridine rings is 2. The van der Waals surface area contributed by atoms with Gasteiger partial charge < -0.3 is 9.13 Å². The van der Waals surface area contributed by atoms with Crippen LogP contribution in [-0.2, 0) is 5.41 Å². The molecule has 11 aromatic rings. The molecule has 0 radical (unpaired) electrons. The maximum absolute atomic E-state index is 11.4. The zero-order valence-electron chi connectivity index (χ0n) is 32.0. The Balaban J connectivity index is 1.17. The summed E-state index contributed by atoms with van der Waals surface area (Å²) in [5, 5.41) is 16.0. The lowest BCUT2D eigenvalue weighted by Gasteiger charge is -2.39. The zero-order valence-corrected chi connectivity index (χ0v) is 32.9. The fraction of sp³-hybridized carbons (Fsp3) is 0.0185. The van der Waals surface area contributed by atoms with Crippen LogP contribution in [0.2, 0.25) is 0 Å². The maximum Gasteiger partial charge on any atom is 0.101 e. The number of hydrogen-bond donors (Lipinski definition) is 0. The highest BCUT2D eigenvalue weighted by molar-refractivity contribution is 7.99. The van der Waals surface area contributed by atoms with E-state index in [0.29, 0.717) is 5.56 Å². The number of hydrogen-bond acceptors (Lipinski definition) is 4. The van der Waals surface area contributed by atoms with Crippen LogP contribution in [0.4, 0.5) is 0 Å². The Morgan fingerprint density at radius 1 is 0.467 bits per heavy atom. The van der Waals surface area contributed by atoms with Crippen molar-refractivity contribution in [1.29, 1.82) is 5.26 Å². The molecule has 1 aliphatic carbocycles. The van der Waals surface area contributed by atoms with E-state index in [4.69, 9.17) is 9.97 Å². The summed E-state index contributed by atoms with van der Waals surface area (Å²) in [6.45, 7) is 0. The summed E-state index contributed by atoms with van der Waals surface area (Å²) in [5.74, 6) is 0. The lowest BCUT2D eigenvalue weighted by molar-refractivity contribution is 0.720. The lowest BCUT2D eigenvalue weighted by atomic mass is 9.67.